The summed E-state index contributed by atoms with van der Waals surface area (Å²) in [5, 5.41) is 8.47. The zero-order valence-corrected chi connectivity index (χ0v) is 8.15. The second-order valence-electron chi connectivity index (χ2n) is 2.89. The smallest absolute Gasteiger partial charge is 0.328 e. The van der Waals surface area contributed by atoms with E-state index in [-0.39, 0.29) is 0 Å². The van der Waals surface area contributed by atoms with Crippen molar-refractivity contribution in [3.8, 4) is 5.75 Å². The maximum atomic E-state index is 10.3. The minimum atomic E-state index is -0.952. The van der Waals surface area contributed by atoms with Crippen molar-refractivity contribution in [3.63, 3.8) is 0 Å². The highest BCUT2D eigenvalue weighted by molar-refractivity contribution is 5.85. The van der Waals surface area contributed by atoms with E-state index in [2.05, 4.69) is 0 Å². The van der Waals surface area contributed by atoms with E-state index < -0.39 is 5.97 Å². The number of benzene rings is 1. The van der Waals surface area contributed by atoms with Crippen LogP contribution >= 0.6 is 0 Å². The molecule has 0 fully saturated rings. The summed E-state index contributed by atoms with van der Waals surface area (Å²) in [5.41, 5.74) is 1.87. The Morgan fingerprint density at radius 3 is 2.79 bits per heavy atom. The lowest BCUT2D eigenvalue weighted by atomic mass is 10.1. The van der Waals surface area contributed by atoms with Gasteiger partial charge in [-0.15, -0.1) is 0 Å². The van der Waals surface area contributed by atoms with Gasteiger partial charge in [-0.3, -0.25) is 0 Å². The van der Waals surface area contributed by atoms with Gasteiger partial charge in [-0.25, -0.2) is 4.79 Å². The number of hydrogen-bond donors (Lipinski definition) is 1. The molecule has 0 aliphatic carbocycles. The summed E-state index contributed by atoms with van der Waals surface area (Å²) in [6.45, 7) is 1.92. The molecule has 0 aliphatic rings. The lowest BCUT2D eigenvalue weighted by molar-refractivity contribution is -0.131. The van der Waals surface area contributed by atoms with E-state index in [0.29, 0.717) is 0 Å². The zero-order valence-electron chi connectivity index (χ0n) is 8.15. The molecule has 0 spiro atoms. The summed E-state index contributed by atoms with van der Waals surface area (Å²) >= 11 is 0. The summed E-state index contributed by atoms with van der Waals surface area (Å²) in [5.74, 6) is -0.229. The predicted octanol–water partition coefficient (Wildman–Crippen LogP) is 2.10. The first kappa shape index (κ1) is 10.3. The molecule has 0 amide bonds. The van der Waals surface area contributed by atoms with Crippen LogP contribution in [0.15, 0.2) is 24.3 Å². The standard InChI is InChI=1S/C11H12O3/c1-8-3-5-10(14-2)7-9(8)4-6-11(12)13/h3-7H,1-2H3,(H,12,13)/b6-4+. The first-order valence-electron chi connectivity index (χ1n) is 4.19. The van der Waals surface area contributed by atoms with Crippen molar-refractivity contribution in [2.45, 2.75) is 6.92 Å². The van der Waals surface area contributed by atoms with Crippen LogP contribution in [0.1, 0.15) is 11.1 Å². The predicted molar refractivity (Wildman–Crippen MR) is 54.4 cm³/mol. The number of carbonyl (C=O) groups is 1. The number of ether oxygens (including phenoxy) is 1. The van der Waals surface area contributed by atoms with Gasteiger partial charge in [0.05, 0.1) is 7.11 Å². The Bertz CT molecular complexity index is 367. The van der Waals surface area contributed by atoms with Gasteiger partial charge in [0.15, 0.2) is 0 Å². The topological polar surface area (TPSA) is 46.5 Å². The minimum Gasteiger partial charge on any atom is -0.497 e. The molecule has 14 heavy (non-hydrogen) atoms. The van der Waals surface area contributed by atoms with Crippen molar-refractivity contribution < 1.29 is 14.6 Å². The van der Waals surface area contributed by atoms with E-state index in [1.54, 1.807) is 19.3 Å². The fourth-order valence-corrected chi connectivity index (χ4v) is 1.09. The number of carboxylic acids is 1. The molecule has 0 bridgehead atoms. The van der Waals surface area contributed by atoms with E-state index in [9.17, 15) is 4.79 Å². The molecule has 1 rings (SSSR count). The first-order chi connectivity index (χ1) is 6.63. The third kappa shape index (κ3) is 2.62. The molecule has 0 aliphatic heterocycles. The molecule has 0 atom stereocenters. The second kappa shape index (κ2) is 4.46. The SMILES string of the molecule is COc1ccc(C)c(/C=C/C(=O)O)c1. The number of rotatable bonds is 3. The molecule has 3 nitrogen and oxygen atoms in total. The normalized spacial score (nSPS) is 10.4. The van der Waals surface area contributed by atoms with Crippen molar-refractivity contribution in [2.24, 2.45) is 0 Å². The van der Waals surface area contributed by atoms with Gasteiger partial charge in [0.25, 0.3) is 0 Å². The molecular weight excluding hydrogens is 180 g/mol. The number of methoxy groups -OCH3 is 1. The average Bonchev–Trinajstić information content (AvgIpc) is 2.16. The first-order valence-corrected chi connectivity index (χ1v) is 4.19. The van der Waals surface area contributed by atoms with Crippen LogP contribution in [0.3, 0.4) is 0 Å². The summed E-state index contributed by atoms with van der Waals surface area (Å²) in [6, 6.07) is 5.53. The molecule has 0 heterocycles. The van der Waals surface area contributed by atoms with Gasteiger partial charge in [0.1, 0.15) is 5.75 Å². The van der Waals surface area contributed by atoms with Gasteiger partial charge in [-0.1, -0.05) is 6.07 Å². The Kier molecular flexibility index (Phi) is 3.29. The van der Waals surface area contributed by atoms with Crippen LogP contribution in [-0.4, -0.2) is 18.2 Å². The number of carboxylic acid groups (broad SMARTS) is 1. The fraction of sp³-hybridized carbons (Fsp3) is 0.182. The third-order valence-electron chi connectivity index (χ3n) is 1.89. The quantitative estimate of drug-likeness (QED) is 0.746. The van der Waals surface area contributed by atoms with Crippen molar-refractivity contribution in [2.75, 3.05) is 7.11 Å². The Balaban J connectivity index is 3.00. The minimum absolute atomic E-state index is 0.723. The second-order valence-corrected chi connectivity index (χ2v) is 2.89. The van der Waals surface area contributed by atoms with Crippen LogP contribution in [0.5, 0.6) is 5.75 Å². The Labute approximate surface area is 82.6 Å². The highest BCUT2D eigenvalue weighted by atomic mass is 16.5. The Morgan fingerprint density at radius 1 is 1.50 bits per heavy atom. The largest absolute Gasteiger partial charge is 0.497 e. The van der Waals surface area contributed by atoms with Gasteiger partial charge < -0.3 is 9.84 Å². The molecule has 1 aromatic carbocycles. The van der Waals surface area contributed by atoms with Crippen LogP contribution in [0.2, 0.25) is 0 Å². The van der Waals surface area contributed by atoms with Gasteiger partial charge in [0, 0.05) is 6.08 Å². The maximum absolute atomic E-state index is 10.3. The highest BCUT2D eigenvalue weighted by Gasteiger charge is 1.97. The van der Waals surface area contributed by atoms with E-state index in [1.165, 1.54) is 0 Å². The van der Waals surface area contributed by atoms with Gasteiger partial charge in [-0.2, -0.15) is 0 Å². The number of aliphatic carboxylic acids is 1. The summed E-state index contributed by atoms with van der Waals surface area (Å²) in [6.07, 6.45) is 2.67. The highest BCUT2D eigenvalue weighted by Crippen LogP contribution is 2.17. The molecule has 0 radical (unpaired) electrons. The molecule has 1 aromatic rings. The molecule has 74 valence electrons. The fourth-order valence-electron chi connectivity index (χ4n) is 1.09. The van der Waals surface area contributed by atoms with Crippen molar-refractivity contribution in [1.82, 2.24) is 0 Å². The van der Waals surface area contributed by atoms with E-state index in [4.69, 9.17) is 9.84 Å². The zero-order chi connectivity index (χ0) is 10.6. The lowest BCUT2D eigenvalue weighted by Gasteiger charge is -2.03. The number of aryl methyl sites for hydroxylation is 1. The van der Waals surface area contributed by atoms with Gasteiger partial charge >= 0.3 is 5.97 Å². The molecule has 0 aromatic heterocycles. The summed E-state index contributed by atoms with van der Waals surface area (Å²) in [7, 11) is 1.58. The van der Waals surface area contributed by atoms with E-state index in [1.807, 2.05) is 19.1 Å². The van der Waals surface area contributed by atoms with Crippen molar-refractivity contribution in [1.29, 1.82) is 0 Å². The summed E-state index contributed by atoms with van der Waals surface area (Å²) in [4.78, 5) is 10.3. The van der Waals surface area contributed by atoms with Crippen LogP contribution in [0.25, 0.3) is 6.08 Å². The van der Waals surface area contributed by atoms with E-state index >= 15 is 0 Å². The molecular formula is C11H12O3. The van der Waals surface area contributed by atoms with Crippen LogP contribution in [0.4, 0.5) is 0 Å². The molecule has 1 N–H and O–H groups in total. The molecule has 0 saturated heterocycles. The van der Waals surface area contributed by atoms with Crippen molar-refractivity contribution >= 4 is 12.0 Å². The maximum Gasteiger partial charge on any atom is 0.328 e. The van der Waals surface area contributed by atoms with Crippen LogP contribution in [-0.2, 0) is 4.79 Å². The van der Waals surface area contributed by atoms with E-state index in [0.717, 1.165) is 23.0 Å². The average molecular weight is 192 g/mol. The number of hydrogen-bond acceptors (Lipinski definition) is 2. The van der Waals surface area contributed by atoms with Gasteiger partial charge in [0.2, 0.25) is 0 Å². The summed E-state index contributed by atoms with van der Waals surface area (Å²) < 4.78 is 5.04. The molecule has 0 unspecified atom stereocenters. The molecule has 3 heteroatoms. The van der Waals surface area contributed by atoms with Crippen LogP contribution < -0.4 is 4.74 Å². The lowest BCUT2D eigenvalue weighted by Crippen LogP contribution is -1.89. The monoisotopic (exact) mass is 192 g/mol. The Morgan fingerprint density at radius 2 is 2.21 bits per heavy atom. The van der Waals surface area contributed by atoms with Crippen molar-refractivity contribution in [3.05, 3.63) is 35.4 Å². The van der Waals surface area contributed by atoms with Gasteiger partial charge in [-0.05, 0) is 36.3 Å². The molecule has 0 saturated carbocycles. The van der Waals surface area contributed by atoms with Crippen LogP contribution in [0, 0.1) is 6.92 Å². The third-order valence-corrected chi connectivity index (χ3v) is 1.89. The Hall–Kier alpha value is -1.77.